The van der Waals surface area contributed by atoms with E-state index in [4.69, 9.17) is 5.73 Å². The number of fused-ring (bicyclic) bond motifs is 1. The van der Waals surface area contributed by atoms with Crippen LogP contribution >= 0.6 is 11.3 Å². The lowest BCUT2D eigenvalue weighted by atomic mass is 10.1. The number of nitrogens with zero attached hydrogens (tertiary/aromatic N) is 2. The van der Waals surface area contributed by atoms with E-state index < -0.39 is 5.91 Å². The smallest absolute Gasteiger partial charge is 0.251 e. The fraction of sp³-hybridized carbons (Fsp3) is 0.500. The normalized spacial score (nSPS) is 16.9. The molecule has 1 aliphatic carbocycles. The summed E-state index contributed by atoms with van der Waals surface area (Å²) in [6.07, 6.45) is 6.73. The Morgan fingerprint density at radius 3 is 2.52 bits per heavy atom. The lowest BCUT2D eigenvalue weighted by molar-refractivity contribution is -0.120. The molecule has 1 aromatic carbocycles. The first kappa shape index (κ1) is 21.8. The van der Waals surface area contributed by atoms with Gasteiger partial charge in [-0.05, 0) is 75.8 Å². The molecule has 6 nitrogen and oxygen atoms in total. The van der Waals surface area contributed by atoms with Crippen LogP contribution in [0.15, 0.2) is 24.3 Å². The van der Waals surface area contributed by atoms with Crippen molar-refractivity contribution in [1.29, 1.82) is 0 Å². The fourth-order valence-electron chi connectivity index (χ4n) is 4.56. The van der Waals surface area contributed by atoms with Gasteiger partial charge in [0.05, 0.1) is 11.6 Å². The highest BCUT2D eigenvalue weighted by atomic mass is 32.1. The summed E-state index contributed by atoms with van der Waals surface area (Å²) in [5, 5.41) is 3.58. The van der Waals surface area contributed by atoms with E-state index in [-0.39, 0.29) is 11.9 Å². The number of hydrogen-bond acceptors (Lipinski definition) is 5. The maximum Gasteiger partial charge on any atom is 0.251 e. The minimum absolute atomic E-state index is 0.116. The molecule has 0 spiro atoms. The molecule has 1 fully saturated rings. The summed E-state index contributed by atoms with van der Waals surface area (Å²) in [5.74, 6) is -0.570. The number of carbonyl (C=O) groups is 2. The molecular formula is C24H32N4O2S. The third kappa shape index (κ3) is 4.77. The highest BCUT2D eigenvalue weighted by Gasteiger charge is 2.28. The van der Waals surface area contributed by atoms with E-state index in [1.165, 1.54) is 46.7 Å². The molecule has 0 bridgehead atoms. The summed E-state index contributed by atoms with van der Waals surface area (Å²) in [7, 11) is 1.95. The zero-order chi connectivity index (χ0) is 22.0. The Morgan fingerprint density at radius 2 is 1.84 bits per heavy atom. The van der Waals surface area contributed by atoms with Gasteiger partial charge in [-0.25, -0.2) is 0 Å². The summed E-state index contributed by atoms with van der Waals surface area (Å²) in [5.41, 5.74) is 9.61. The van der Waals surface area contributed by atoms with Crippen molar-refractivity contribution in [3.05, 3.63) is 45.8 Å². The van der Waals surface area contributed by atoms with Crippen molar-refractivity contribution < 1.29 is 9.59 Å². The molecule has 0 saturated carbocycles. The van der Waals surface area contributed by atoms with E-state index in [0.717, 1.165) is 37.9 Å². The molecule has 2 aliphatic rings. The van der Waals surface area contributed by atoms with Crippen molar-refractivity contribution in [1.82, 2.24) is 4.90 Å². The molecule has 31 heavy (non-hydrogen) atoms. The van der Waals surface area contributed by atoms with Gasteiger partial charge < -0.3 is 16.0 Å². The highest BCUT2D eigenvalue weighted by molar-refractivity contribution is 7.17. The lowest BCUT2D eigenvalue weighted by Gasteiger charge is -2.29. The van der Waals surface area contributed by atoms with E-state index in [1.807, 2.05) is 18.9 Å². The van der Waals surface area contributed by atoms with Crippen LogP contribution in [0, 0.1) is 0 Å². The molecule has 1 aromatic heterocycles. The summed E-state index contributed by atoms with van der Waals surface area (Å²) in [4.78, 5) is 30.5. The lowest BCUT2D eigenvalue weighted by Crippen LogP contribution is -2.39. The second-order valence-electron chi connectivity index (χ2n) is 8.72. The van der Waals surface area contributed by atoms with Gasteiger partial charge in [-0.2, -0.15) is 0 Å². The summed E-state index contributed by atoms with van der Waals surface area (Å²) < 4.78 is 0. The molecule has 7 heteroatoms. The summed E-state index contributed by atoms with van der Waals surface area (Å²) in [6.45, 7) is 4.84. The number of aryl methyl sites for hydroxylation is 1. The average molecular weight is 441 g/mol. The van der Waals surface area contributed by atoms with Gasteiger partial charge in [-0.3, -0.25) is 14.5 Å². The van der Waals surface area contributed by atoms with Crippen LogP contribution in [0.3, 0.4) is 0 Å². The van der Waals surface area contributed by atoms with Crippen LogP contribution in [-0.4, -0.2) is 42.9 Å². The number of amides is 2. The van der Waals surface area contributed by atoms with Crippen molar-refractivity contribution in [3.8, 4) is 0 Å². The van der Waals surface area contributed by atoms with Crippen molar-refractivity contribution in [2.24, 2.45) is 5.73 Å². The van der Waals surface area contributed by atoms with Crippen LogP contribution in [0.5, 0.6) is 0 Å². The van der Waals surface area contributed by atoms with Gasteiger partial charge in [0.25, 0.3) is 5.91 Å². The van der Waals surface area contributed by atoms with Crippen LogP contribution in [0.25, 0.3) is 0 Å². The predicted molar refractivity (Wildman–Crippen MR) is 127 cm³/mol. The number of anilines is 2. The minimum Gasteiger partial charge on any atom is -0.372 e. The third-order valence-corrected chi connectivity index (χ3v) is 7.74. The number of nitrogens with one attached hydrogen (secondary N) is 1. The third-order valence-electron chi connectivity index (χ3n) is 6.53. The molecule has 2 amide bonds. The fourth-order valence-corrected chi connectivity index (χ4v) is 5.86. The molecule has 0 unspecified atom stereocenters. The van der Waals surface area contributed by atoms with Gasteiger partial charge in [0.15, 0.2) is 0 Å². The molecule has 4 rings (SSSR count). The molecule has 2 aromatic rings. The maximum absolute atomic E-state index is 12.9. The predicted octanol–water partition coefficient (Wildman–Crippen LogP) is 3.79. The van der Waals surface area contributed by atoms with Crippen molar-refractivity contribution >= 4 is 33.8 Å². The van der Waals surface area contributed by atoms with Gasteiger partial charge >= 0.3 is 0 Å². The number of piperidine rings is 1. The van der Waals surface area contributed by atoms with Crippen LogP contribution in [-0.2, 0) is 24.2 Å². The number of rotatable bonds is 7. The SMILES string of the molecule is C[C@H](C(=O)Nc1sc2c(c1C(N)=O)CCC2)N(C)Cc1ccc(N2CCCCC2)cc1. The minimum atomic E-state index is -0.454. The number of thiophene rings is 1. The van der Waals surface area contributed by atoms with E-state index in [0.29, 0.717) is 17.1 Å². The monoisotopic (exact) mass is 440 g/mol. The Morgan fingerprint density at radius 1 is 1.13 bits per heavy atom. The Bertz CT molecular complexity index is 947. The second-order valence-corrected chi connectivity index (χ2v) is 9.83. The zero-order valence-electron chi connectivity index (χ0n) is 18.4. The maximum atomic E-state index is 12.9. The summed E-state index contributed by atoms with van der Waals surface area (Å²) in [6, 6.07) is 8.34. The van der Waals surface area contributed by atoms with E-state index in [1.54, 1.807) is 0 Å². The number of benzene rings is 1. The van der Waals surface area contributed by atoms with Crippen LogP contribution in [0.2, 0.25) is 0 Å². The number of carbonyl (C=O) groups excluding carboxylic acids is 2. The largest absolute Gasteiger partial charge is 0.372 e. The molecule has 166 valence electrons. The standard InChI is InChI=1S/C24H32N4O2S/c1-16(23(30)26-24-21(22(25)29)19-7-6-8-20(19)31-24)27(2)15-17-9-11-18(12-10-17)28-13-4-3-5-14-28/h9-12,16H,3-8,13-15H2,1-2H3,(H2,25,29)(H,26,30)/t16-/m1/s1. The Labute approximate surface area is 188 Å². The van der Waals surface area contributed by atoms with Gasteiger partial charge in [0.2, 0.25) is 5.91 Å². The molecule has 2 heterocycles. The van der Waals surface area contributed by atoms with E-state index in [2.05, 4.69) is 34.5 Å². The quantitative estimate of drug-likeness (QED) is 0.687. The number of primary amides is 1. The van der Waals surface area contributed by atoms with Crippen LogP contribution in [0.1, 0.15) is 59.0 Å². The topological polar surface area (TPSA) is 78.7 Å². The van der Waals surface area contributed by atoms with Crippen molar-refractivity contribution in [3.63, 3.8) is 0 Å². The molecular weight excluding hydrogens is 408 g/mol. The van der Waals surface area contributed by atoms with Gasteiger partial charge in [0.1, 0.15) is 5.00 Å². The molecule has 1 saturated heterocycles. The molecule has 0 radical (unpaired) electrons. The van der Waals surface area contributed by atoms with Gasteiger partial charge in [0, 0.05) is 30.2 Å². The first-order valence-electron chi connectivity index (χ1n) is 11.2. The van der Waals surface area contributed by atoms with Crippen LogP contribution < -0.4 is 16.0 Å². The second kappa shape index (κ2) is 9.40. The van der Waals surface area contributed by atoms with E-state index in [9.17, 15) is 9.59 Å². The average Bonchev–Trinajstić information content (AvgIpc) is 3.34. The highest BCUT2D eigenvalue weighted by Crippen LogP contribution is 2.39. The summed E-state index contributed by atoms with van der Waals surface area (Å²) >= 11 is 1.50. The Kier molecular flexibility index (Phi) is 6.62. The zero-order valence-corrected chi connectivity index (χ0v) is 19.3. The van der Waals surface area contributed by atoms with Crippen molar-refractivity contribution in [2.45, 2.75) is 58.0 Å². The first-order valence-corrected chi connectivity index (χ1v) is 12.0. The number of likely N-dealkylation sites (N-methyl/N-ethyl adjacent to an activating group) is 1. The van der Waals surface area contributed by atoms with Crippen molar-refractivity contribution in [2.75, 3.05) is 30.4 Å². The molecule has 1 aliphatic heterocycles. The van der Waals surface area contributed by atoms with Crippen LogP contribution in [0.4, 0.5) is 10.7 Å². The van der Waals surface area contributed by atoms with Gasteiger partial charge in [-0.15, -0.1) is 11.3 Å². The Balaban J connectivity index is 1.37. The number of hydrogen-bond donors (Lipinski definition) is 2. The molecule has 3 N–H and O–H groups in total. The number of nitrogens with two attached hydrogens (primary N) is 1. The van der Waals surface area contributed by atoms with E-state index >= 15 is 0 Å². The Hall–Kier alpha value is -2.38. The first-order chi connectivity index (χ1) is 14.9. The molecule has 1 atom stereocenters. The van der Waals surface area contributed by atoms with Gasteiger partial charge in [-0.1, -0.05) is 12.1 Å².